The summed E-state index contributed by atoms with van der Waals surface area (Å²) in [6, 6.07) is 8.67. The highest BCUT2D eigenvalue weighted by molar-refractivity contribution is 5.94. The van der Waals surface area contributed by atoms with Gasteiger partial charge in [0.1, 0.15) is 11.6 Å². The van der Waals surface area contributed by atoms with Gasteiger partial charge in [-0.3, -0.25) is 4.79 Å². The van der Waals surface area contributed by atoms with Gasteiger partial charge in [-0.15, -0.1) is 0 Å². The van der Waals surface area contributed by atoms with Gasteiger partial charge >= 0.3 is 5.97 Å². The molecule has 0 fully saturated rings. The maximum Gasteiger partial charge on any atom is 0.335 e. The second kappa shape index (κ2) is 6.13. The summed E-state index contributed by atoms with van der Waals surface area (Å²) in [6.45, 7) is 0.0385. The van der Waals surface area contributed by atoms with Crippen molar-refractivity contribution in [2.24, 2.45) is 0 Å². The van der Waals surface area contributed by atoms with E-state index in [0.29, 0.717) is 11.6 Å². The van der Waals surface area contributed by atoms with E-state index in [0.717, 1.165) is 12.1 Å². The highest BCUT2D eigenvalue weighted by atomic mass is 19.1. The minimum atomic E-state index is -1.08. The summed E-state index contributed by atoms with van der Waals surface area (Å²) < 4.78 is 26.2. The van der Waals surface area contributed by atoms with E-state index in [-0.39, 0.29) is 17.7 Å². The lowest BCUT2D eigenvalue weighted by Gasteiger charge is -2.07. The number of rotatable bonds is 4. The molecule has 2 N–H and O–H groups in total. The van der Waals surface area contributed by atoms with Crippen LogP contribution < -0.4 is 5.32 Å². The van der Waals surface area contributed by atoms with E-state index in [9.17, 15) is 18.4 Å². The number of carboxylic acids is 1. The molecule has 0 spiro atoms. The third-order valence-corrected chi connectivity index (χ3v) is 2.80. The number of benzene rings is 2. The summed E-state index contributed by atoms with van der Waals surface area (Å²) in [5.41, 5.74) is 0.381. The number of amides is 1. The summed E-state index contributed by atoms with van der Waals surface area (Å²) in [5, 5.41) is 11.3. The Kier molecular flexibility index (Phi) is 4.27. The molecule has 2 aromatic rings. The second-order valence-corrected chi connectivity index (χ2v) is 4.31. The SMILES string of the molecule is O=C(O)c1cccc(CNC(=O)c2ccc(F)cc2F)c1. The van der Waals surface area contributed by atoms with Crippen LogP contribution in [0.2, 0.25) is 0 Å². The first-order chi connectivity index (χ1) is 9.97. The number of carbonyl (C=O) groups excluding carboxylic acids is 1. The summed E-state index contributed by atoms with van der Waals surface area (Å²) >= 11 is 0. The van der Waals surface area contributed by atoms with E-state index in [2.05, 4.69) is 5.32 Å². The molecule has 0 unspecified atom stereocenters. The van der Waals surface area contributed by atoms with Crippen molar-refractivity contribution in [1.29, 1.82) is 0 Å². The van der Waals surface area contributed by atoms with Gasteiger partial charge in [0.05, 0.1) is 11.1 Å². The topological polar surface area (TPSA) is 66.4 Å². The Morgan fingerprint density at radius 3 is 2.52 bits per heavy atom. The van der Waals surface area contributed by atoms with Gasteiger partial charge in [0.2, 0.25) is 0 Å². The number of nitrogens with one attached hydrogen (secondary N) is 1. The number of carbonyl (C=O) groups is 2. The van der Waals surface area contributed by atoms with Gasteiger partial charge < -0.3 is 10.4 Å². The summed E-state index contributed by atoms with van der Waals surface area (Å²) in [7, 11) is 0. The monoisotopic (exact) mass is 291 g/mol. The molecule has 0 saturated heterocycles. The maximum atomic E-state index is 13.4. The smallest absolute Gasteiger partial charge is 0.335 e. The minimum Gasteiger partial charge on any atom is -0.478 e. The largest absolute Gasteiger partial charge is 0.478 e. The Morgan fingerprint density at radius 1 is 1.10 bits per heavy atom. The normalized spacial score (nSPS) is 10.2. The van der Waals surface area contributed by atoms with Crippen molar-refractivity contribution in [2.45, 2.75) is 6.54 Å². The molecular formula is C15H11F2NO3. The number of hydrogen-bond donors (Lipinski definition) is 2. The predicted molar refractivity (Wildman–Crippen MR) is 70.9 cm³/mol. The zero-order valence-corrected chi connectivity index (χ0v) is 10.8. The van der Waals surface area contributed by atoms with E-state index in [1.807, 2.05) is 0 Å². The molecule has 0 atom stereocenters. The lowest BCUT2D eigenvalue weighted by atomic mass is 10.1. The first kappa shape index (κ1) is 14.6. The molecule has 0 bridgehead atoms. The van der Waals surface area contributed by atoms with Crippen molar-refractivity contribution < 1.29 is 23.5 Å². The van der Waals surface area contributed by atoms with E-state index in [1.165, 1.54) is 12.1 Å². The molecule has 0 aromatic heterocycles. The van der Waals surface area contributed by atoms with Crippen LogP contribution >= 0.6 is 0 Å². The van der Waals surface area contributed by atoms with Crippen LogP contribution in [0.5, 0.6) is 0 Å². The van der Waals surface area contributed by atoms with Gasteiger partial charge in [-0.2, -0.15) is 0 Å². The molecule has 2 aromatic carbocycles. The van der Waals surface area contributed by atoms with E-state index >= 15 is 0 Å². The zero-order valence-electron chi connectivity index (χ0n) is 10.8. The fourth-order valence-electron chi connectivity index (χ4n) is 1.77. The highest BCUT2D eigenvalue weighted by Crippen LogP contribution is 2.10. The highest BCUT2D eigenvalue weighted by Gasteiger charge is 2.12. The molecule has 6 heteroatoms. The molecule has 4 nitrogen and oxygen atoms in total. The molecule has 2 rings (SSSR count). The van der Waals surface area contributed by atoms with Crippen molar-refractivity contribution in [3.05, 3.63) is 70.8 Å². The van der Waals surface area contributed by atoms with Gasteiger partial charge in [0.25, 0.3) is 5.91 Å². The minimum absolute atomic E-state index is 0.0385. The number of halogens is 2. The van der Waals surface area contributed by atoms with E-state index < -0.39 is 23.5 Å². The van der Waals surface area contributed by atoms with Crippen molar-refractivity contribution in [1.82, 2.24) is 5.32 Å². The Labute approximate surface area is 119 Å². The first-order valence-corrected chi connectivity index (χ1v) is 6.03. The molecular weight excluding hydrogens is 280 g/mol. The first-order valence-electron chi connectivity index (χ1n) is 6.03. The summed E-state index contributed by atoms with van der Waals surface area (Å²) in [4.78, 5) is 22.6. The number of aromatic carboxylic acids is 1. The quantitative estimate of drug-likeness (QED) is 0.910. The predicted octanol–water partition coefficient (Wildman–Crippen LogP) is 2.59. The van der Waals surface area contributed by atoms with Crippen LogP contribution in [0.1, 0.15) is 26.3 Å². The van der Waals surface area contributed by atoms with E-state index in [1.54, 1.807) is 12.1 Å². The van der Waals surface area contributed by atoms with E-state index in [4.69, 9.17) is 5.11 Å². The Balaban J connectivity index is 2.07. The molecule has 0 heterocycles. The fourth-order valence-corrected chi connectivity index (χ4v) is 1.77. The lowest BCUT2D eigenvalue weighted by Crippen LogP contribution is -2.24. The maximum absolute atomic E-state index is 13.4. The van der Waals surface area contributed by atoms with Crippen molar-refractivity contribution in [3.8, 4) is 0 Å². The summed E-state index contributed by atoms with van der Waals surface area (Å²) in [5.74, 6) is -3.49. The van der Waals surface area contributed by atoms with Crippen molar-refractivity contribution >= 4 is 11.9 Å². The average Bonchev–Trinajstić information content (AvgIpc) is 2.45. The van der Waals surface area contributed by atoms with Gasteiger partial charge in [0, 0.05) is 12.6 Å². The van der Waals surface area contributed by atoms with Gasteiger partial charge in [-0.1, -0.05) is 12.1 Å². The fraction of sp³-hybridized carbons (Fsp3) is 0.0667. The van der Waals surface area contributed by atoms with Crippen LogP contribution in [0.3, 0.4) is 0 Å². The molecule has 0 aliphatic carbocycles. The van der Waals surface area contributed by atoms with Crippen LogP contribution in [0.4, 0.5) is 8.78 Å². The van der Waals surface area contributed by atoms with Crippen molar-refractivity contribution in [3.63, 3.8) is 0 Å². The average molecular weight is 291 g/mol. The van der Waals surface area contributed by atoms with Crippen LogP contribution in [0, 0.1) is 11.6 Å². The van der Waals surface area contributed by atoms with Gasteiger partial charge in [-0.05, 0) is 29.8 Å². The summed E-state index contributed by atoms with van der Waals surface area (Å²) in [6.07, 6.45) is 0. The second-order valence-electron chi connectivity index (χ2n) is 4.31. The van der Waals surface area contributed by atoms with Crippen LogP contribution in [0.25, 0.3) is 0 Å². The third kappa shape index (κ3) is 3.62. The Hall–Kier alpha value is -2.76. The molecule has 0 radical (unpaired) electrons. The molecule has 0 aliphatic rings. The lowest BCUT2D eigenvalue weighted by molar-refractivity contribution is 0.0696. The third-order valence-electron chi connectivity index (χ3n) is 2.80. The number of hydrogen-bond acceptors (Lipinski definition) is 2. The molecule has 108 valence electrons. The number of carboxylic acid groups (broad SMARTS) is 1. The van der Waals surface area contributed by atoms with Crippen LogP contribution in [-0.2, 0) is 6.54 Å². The van der Waals surface area contributed by atoms with Crippen molar-refractivity contribution in [2.75, 3.05) is 0 Å². The Morgan fingerprint density at radius 2 is 1.86 bits per heavy atom. The van der Waals surface area contributed by atoms with Gasteiger partial charge in [0.15, 0.2) is 0 Å². The molecule has 21 heavy (non-hydrogen) atoms. The van der Waals surface area contributed by atoms with Crippen LogP contribution in [0.15, 0.2) is 42.5 Å². The molecule has 0 saturated carbocycles. The van der Waals surface area contributed by atoms with Gasteiger partial charge in [-0.25, -0.2) is 13.6 Å². The molecule has 0 aliphatic heterocycles. The zero-order chi connectivity index (χ0) is 15.4. The molecule has 1 amide bonds. The van der Waals surface area contributed by atoms with Crippen LogP contribution in [-0.4, -0.2) is 17.0 Å². The standard InChI is InChI=1S/C15H11F2NO3/c16-11-4-5-12(13(17)7-11)14(19)18-8-9-2-1-3-10(6-9)15(20)21/h1-7H,8H2,(H,18,19)(H,20,21). The Bertz CT molecular complexity index is 701.